The van der Waals surface area contributed by atoms with E-state index in [4.69, 9.17) is 0 Å². The fourth-order valence-electron chi connectivity index (χ4n) is 1.40. The van der Waals surface area contributed by atoms with Crippen molar-refractivity contribution in [2.75, 3.05) is 19.5 Å². The summed E-state index contributed by atoms with van der Waals surface area (Å²) in [5.74, 6) is -2.02. The van der Waals surface area contributed by atoms with Gasteiger partial charge >= 0.3 is 18.0 Å². The van der Waals surface area contributed by atoms with E-state index in [2.05, 4.69) is 31.1 Å². The van der Waals surface area contributed by atoms with Gasteiger partial charge in [-0.25, -0.2) is 14.0 Å². The molecule has 6 nitrogen and oxygen atoms in total. The van der Waals surface area contributed by atoms with Crippen molar-refractivity contribution >= 4 is 29.2 Å². The maximum Gasteiger partial charge on any atom is 0.444 e. The van der Waals surface area contributed by atoms with Crippen molar-refractivity contribution in [3.8, 4) is 5.75 Å². The van der Waals surface area contributed by atoms with Crippen molar-refractivity contribution in [1.29, 1.82) is 0 Å². The van der Waals surface area contributed by atoms with Gasteiger partial charge in [0, 0.05) is 5.69 Å². The van der Waals surface area contributed by atoms with Gasteiger partial charge in [0.1, 0.15) is 11.4 Å². The first kappa shape index (κ1) is 19.6. The van der Waals surface area contributed by atoms with Gasteiger partial charge in [0.2, 0.25) is 0 Å². The summed E-state index contributed by atoms with van der Waals surface area (Å²) in [4.78, 5) is 22.8. The monoisotopic (exact) mass is 367 g/mol. The second kappa shape index (κ2) is 8.44. The fourth-order valence-corrected chi connectivity index (χ4v) is 1.44. The summed E-state index contributed by atoms with van der Waals surface area (Å²) in [6.07, 6.45) is -3.34. The molecule has 1 N–H and O–H groups in total. The predicted molar refractivity (Wildman–Crippen MR) is 78.5 cm³/mol. The average molecular weight is 368 g/mol. The SMILES string of the molecule is COC(=O)/C=C(/Nc1ccc(OC(F)(F)C(F)Cl)cc1)C(=O)OC. The number of halogens is 4. The Labute approximate surface area is 140 Å². The lowest BCUT2D eigenvalue weighted by molar-refractivity contribution is -0.199. The maximum atomic E-state index is 13.0. The zero-order chi connectivity index (χ0) is 18.3. The molecular weight excluding hydrogens is 355 g/mol. The molecule has 0 radical (unpaired) electrons. The summed E-state index contributed by atoms with van der Waals surface area (Å²) in [7, 11) is 2.22. The first-order chi connectivity index (χ1) is 11.2. The Kier molecular flexibility index (Phi) is 6.90. The Bertz CT molecular complexity index is 619. The van der Waals surface area contributed by atoms with E-state index in [1.54, 1.807) is 0 Å². The molecule has 10 heteroatoms. The number of nitrogens with one attached hydrogen (secondary N) is 1. The number of esters is 2. The van der Waals surface area contributed by atoms with Crippen molar-refractivity contribution in [3.05, 3.63) is 36.0 Å². The van der Waals surface area contributed by atoms with Gasteiger partial charge in [0.05, 0.1) is 20.3 Å². The molecule has 1 rings (SSSR count). The van der Waals surface area contributed by atoms with Crippen LogP contribution in [0.5, 0.6) is 5.75 Å². The molecule has 132 valence electrons. The summed E-state index contributed by atoms with van der Waals surface area (Å²) in [6, 6.07) is 4.67. The van der Waals surface area contributed by atoms with Crippen LogP contribution in [0, 0.1) is 0 Å². The van der Waals surface area contributed by atoms with Crippen LogP contribution in [0.4, 0.5) is 18.9 Å². The number of carbonyl (C=O) groups is 2. The van der Waals surface area contributed by atoms with E-state index >= 15 is 0 Å². The molecule has 0 aromatic heterocycles. The van der Waals surface area contributed by atoms with E-state index in [1.165, 1.54) is 12.1 Å². The number of alkyl halides is 4. The Balaban J connectivity index is 2.90. The summed E-state index contributed by atoms with van der Waals surface area (Å²) >= 11 is 4.68. The standard InChI is InChI=1S/C14H13ClF3NO5/c1-22-11(20)7-10(12(21)23-2)19-8-3-5-9(6-4-8)24-14(17,18)13(15)16/h3-7,13,19H,1-2H3/b10-7+. The average Bonchev–Trinajstić information content (AvgIpc) is 2.54. The lowest BCUT2D eigenvalue weighted by atomic mass is 10.2. The molecule has 0 heterocycles. The van der Waals surface area contributed by atoms with E-state index in [0.29, 0.717) is 0 Å². The number of hydrogen-bond acceptors (Lipinski definition) is 6. The fraction of sp³-hybridized carbons (Fsp3) is 0.286. The number of ether oxygens (including phenoxy) is 3. The van der Waals surface area contributed by atoms with Gasteiger partial charge in [-0.1, -0.05) is 11.6 Å². The highest BCUT2D eigenvalue weighted by Crippen LogP contribution is 2.29. The molecule has 0 bridgehead atoms. The number of methoxy groups -OCH3 is 2. The molecule has 0 saturated heterocycles. The number of anilines is 1. The summed E-state index contributed by atoms with van der Waals surface area (Å²) in [5, 5.41) is 2.55. The van der Waals surface area contributed by atoms with E-state index in [9.17, 15) is 22.8 Å². The maximum absolute atomic E-state index is 13.0. The molecular formula is C14H13ClF3NO5. The number of hydrogen-bond donors (Lipinski definition) is 1. The van der Waals surface area contributed by atoms with Gasteiger partial charge in [-0.3, -0.25) is 0 Å². The Morgan fingerprint density at radius 2 is 1.79 bits per heavy atom. The third-order valence-electron chi connectivity index (χ3n) is 2.51. The van der Waals surface area contributed by atoms with Crippen LogP contribution >= 0.6 is 11.6 Å². The van der Waals surface area contributed by atoms with Crippen LogP contribution in [0.15, 0.2) is 36.0 Å². The Morgan fingerprint density at radius 1 is 1.21 bits per heavy atom. The van der Waals surface area contributed by atoms with E-state index in [-0.39, 0.29) is 17.1 Å². The molecule has 0 spiro atoms. The Morgan fingerprint density at radius 3 is 2.25 bits per heavy atom. The highest BCUT2D eigenvalue weighted by atomic mass is 35.5. The molecule has 1 atom stereocenters. The molecule has 0 amide bonds. The van der Waals surface area contributed by atoms with Crippen molar-refractivity contribution in [2.24, 2.45) is 0 Å². The normalized spacial score (nSPS) is 13.0. The number of rotatable bonds is 7. The number of carbonyl (C=O) groups excluding carboxylic acids is 2. The van der Waals surface area contributed by atoms with Gasteiger partial charge in [0.15, 0.2) is 0 Å². The van der Waals surface area contributed by atoms with E-state index in [1.807, 2.05) is 0 Å². The predicted octanol–water partition coefficient (Wildman–Crippen LogP) is 2.83. The Hall–Kier alpha value is -2.42. The quantitative estimate of drug-likeness (QED) is 0.454. The molecule has 0 aliphatic carbocycles. The summed E-state index contributed by atoms with van der Waals surface area (Å²) in [5.41, 5.74) is -3.01. The van der Waals surface area contributed by atoms with Crippen LogP contribution in [0.2, 0.25) is 0 Å². The molecule has 0 aliphatic rings. The summed E-state index contributed by atoms with van der Waals surface area (Å²) < 4.78 is 51.5. The zero-order valence-electron chi connectivity index (χ0n) is 12.5. The summed E-state index contributed by atoms with van der Waals surface area (Å²) in [6.45, 7) is 0. The molecule has 0 aliphatic heterocycles. The largest absolute Gasteiger partial charge is 0.466 e. The zero-order valence-corrected chi connectivity index (χ0v) is 13.3. The second-order valence-corrected chi connectivity index (χ2v) is 4.57. The van der Waals surface area contributed by atoms with E-state index < -0.39 is 23.7 Å². The van der Waals surface area contributed by atoms with Crippen LogP contribution in [0.1, 0.15) is 0 Å². The van der Waals surface area contributed by atoms with Crippen LogP contribution in [-0.4, -0.2) is 37.9 Å². The molecule has 1 unspecified atom stereocenters. The number of benzene rings is 1. The second-order valence-electron chi connectivity index (χ2n) is 4.19. The lowest BCUT2D eigenvalue weighted by Crippen LogP contribution is -2.32. The van der Waals surface area contributed by atoms with Crippen molar-refractivity contribution in [1.82, 2.24) is 0 Å². The lowest BCUT2D eigenvalue weighted by Gasteiger charge is -2.18. The van der Waals surface area contributed by atoms with Gasteiger partial charge in [-0.2, -0.15) is 8.78 Å². The van der Waals surface area contributed by atoms with Gasteiger partial charge in [-0.15, -0.1) is 0 Å². The van der Waals surface area contributed by atoms with Gasteiger partial charge in [-0.05, 0) is 24.3 Å². The van der Waals surface area contributed by atoms with Crippen LogP contribution in [0.3, 0.4) is 0 Å². The van der Waals surface area contributed by atoms with Crippen molar-refractivity contribution < 1.29 is 37.0 Å². The topological polar surface area (TPSA) is 73.9 Å². The highest BCUT2D eigenvalue weighted by molar-refractivity contribution is 6.20. The van der Waals surface area contributed by atoms with Crippen LogP contribution in [-0.2, 0) is 19.1 Å². The minimum absolute atomic E-state index is 0.243. The first-order valence-corrected chi connectivity index (χ1v) is 6.73. The van der Waals surface area contributed by atoms with E-state index in [0.717, 1.165) is 32.4 Å². The first-order valence-electron chi connectivity index (χ1n) is 6.29. The van der Waals surface area contributed by atoms with Gasteiger partial charge < -0.3 is 19.5 Å². The minimum Gasteiger partial charge on any atom is -0.466 e. The third kappa shape index (κ3) is 5.65. The van der Waals surface area contributed by atoms with Crippen LogP contribution < -0.4 is 10.1 Å². The van der Waals surface area contributed by atoms with Gasteiger partial charge in [0.25, 0.3) is 5.63 Å². The minimum atomic E-state index is -4.20. The van der Waals surface area contributed by atoms with Crippen molar-refractivity contribution in [2.45, 2.75) is 11.7 Å². The third-order valence-corrected chi connectivity index (χ3v) is 2.76. The highest BCUT2D eigenvalue weighted by Gasteiger charge is 2.42. The molecule has 0 fully saturated rings. The molecule has 24 heavy (non-hydrogen) atoms. The smallest absolute Gasteiger partial charge is 0.444 e. The molecule has 0 saturated carbocycles. The van der Waals surface area contributed by atoms with Crippen molar-refractivity contribution in [3.63, 3.8) is 0 Å². The molecule has 1 aromatic carbocycles. The molecule has 1 aromatic rings. The van der Waals surface area contributed by atoms with Crippen LogP contribution in [0.25, 0.3) is 0 Å².